The Hall–Kier alpha value is -1.51. The minimum absolute atomic E-state index is 0.149. The average Bonchev–Trinajstić information content (AvgIpc) is 2.87. The van der Waals surface area contributed by atoms with Crippen molar-refractivity contribution in [3.05, 3.63) is 35.4 Å². The quantitative estimate of drug-likeness (QED) is 0.653. The van der Waals surface area contributed by atoms with E-state index in [1.165, 1.54) is 12.1 Å². The van der Waals surface area contributed by atoms with Crippen LogP contribution in [0, 0.1) is 11.8 Å². The zero-order chi connectivity index (χ0) is 16.9. The maximum atomic E-state index is 12.9. The number of nitrogens with zero attached hydrogens (tertiary/aromatic N) is 1. The smallest absolute Gasteiger partial charge is 0.392 e. The molecule has 1 N–H and O–H groups in total. The standard InChI is InChI=1S/C18H22F3NO/c1-2-3-4-5-6-10-22-13-16(23)12-17(22)14-8-7-9-15(11-14)18(19,20)21/h7-9,11,16-17,23H,4-6,10,12-13H2,1H3/t16-,17-/m0/s1. The first-order valence-electron chi connectivity index (χ1n) is 7.90. The SMILES string of the molecule is CC#CCCCCN1C[C@@H](O)C[C@H]1c1cccc(C(F)(F)F)c1. The Labute approximate surface area is 135 Å². The van der Waals surface area contributed by atoms with Crippen LogP contribution < -0.4 is 0 Å². The second kappa shape index (κ2) is 7.85. The molecule has 126 valence electrons. The predicted molar refractivity (Wildman–Crippen MR) is 83.7 cm³/mol. The van der Waals surface area contributed by atoms with E-state index < -0.39 is 17.8 Å². The van der Waals surface area contributed by atoms with Gasteiger partial charge in [0, 0.05) is 19.0 Å². The fraction of sp³-hybridized carbons (Fsp3) is 0.556. The average molecular weight is 325 g/mol. The molecule has 0 saturated carbocycles. The summed E-state index contributed by atoms with van der Waals surface area (Å²) in [7, 11) is 0. The van der Waals surface area contributed by atoms with Gasteiger partial charge in [0.05, 0.1) is 11.7 Å². The van der Waals surface area contributed by atoms with Crippen LogP contribution in [-0.2, 0) is 6.18 Å². The third-order valence-corrected chi connectivity index (χ3v) is 4.15. The molecule has 1 heterocycles. The molecular formula is C18H22F3NO. The summed E-state index contributed by atoms with van der Waals surface area (Å²) in [5, 5.41) is 9.92. The van der Waals surface area contributed by atoms with Gasteiger partial charge < -0.3 is 5.11 Å². The molecule has 23 heavy (non-hydrogen) atoms. The van der Waals surface area contributed by atoms with Gasteiger partial charge in [-0.25, -0.2) is 0 Å². The first kappa shape index (κ1) is 17.8. The molecule has 0 bridgehead atoms. The maximum Gasteiger partial charge on any atom is 0.416 e. The molecule has 2 atom stereocenters. The van der Waals surface area contributed by atoms with Crippen LogP contribution >= 0.6 is 0 Å². The number of halogens is 3. The van der Waals surface area contributed by atoms with E-state index in [4.69, 9.17) is 0 Å². The van der Waals surface area contributed by atoms with Crippen LogP contribution in [0.1, 0.15) is 49.8 Å². The molecule has 1 aliphatic rings. The Morgan fingerprint density at radius 2 is 2.09 bits per heavy atom. The lowest BCUT2D eigenvalue weighted by Gasteiger charge is -2.25. The van der Waals surface area contributed by atoms with Crippen LogP contribution in [0.2, 0.25) is 0 Å². The number of unbranched alkanes of at least 4 members (excludes halogenated alkanes) is 2. The van der Waals surface area contributed by atoms with Gasteiger partial charge in [-0.15, -0.1) is 11.8 Å². The molecule has 0 aromatic heterocycles. The molecule has 2 rings (SSSR count). The van der Waals surface area contributed by atoms with E-state index in [1.807, 2.05) is 0 Å². The van der Waals surface area contributed by atoms with Gasteiger partial charge >= 0.3 is 6.18 Å². The highest BCUT2D eigenvalue weighted by Gasteiger charge is 2.34. The Morgan fingerprint density at radius 1 is 1.30 bits per heavy atom. The summed E-state index contributed by atoms with van der Waals surface area (Å²) in [5.41, 5.74) is -0.000662. The van der Waals surface area contributed by atoms with Crippen molar-refractivity contribution in [2.24, 2.45) is 0 Å². The van der Waals surface area contributed by atoms with E-state index in [2.05, 4.69) is 16.7 Å². The van der Waals surface area contributed by atoms with Gasteiger partial charge in [0.25, 0.3) is 0 Å². The minimum atomic E-state index is -4.34. The summed E-state index contributed by atoms with van der Waals surface area (Å²) in [6.45, 7) is 3.09. The van der Waals surface area contributed by atoms with Gasteiger partial charge in [0.15, 0.2) is 0 Å². The third-order valence-electron chi connectivity index (χ3n) is 4.15. The van der Waals surface area contributed by atoms with Crippen molar-refractivity contribution >= 4 is 0 Å². The van der Waals surface area contributed by atoms with Gasteiger partial charge in [-0.05, 0) is 50.4 Å². The summed E-state index contributed by atoms with van der Waals surface area (Å²) in [5.74, 6) is 5.85. The molecular weight excluding hydrogens is 303 g/mol. The number of aliphatic hydroxyl groups excluding tert-OH is 1. The third kappa shape index (κ3) is 4.98. The minimum Gasteiger partial charge on any atom is -0.392 e. The molecule has 0 spiro atoms. The van der Waals surface area contributed by atoms with Crippen LogP contribution in [0.4, 0.5) is 13.2 Å². The van der Waals surface area contributed by atoms with Crippen LogP contribution in [-0.4, -0.2) is 29.2 Å². The molecule has 5 heteroatoms. The zero-order valence-electron chi connectivity index (χ0n) is 13.2. The zero-order valence-corrected chi connectivity index (χ0v) is 13.2. The van der Waals surface area contributed by atoms with E-state index in [-0.39, 0.29) is 6.04 Å². The predicted octanol–water partition coefficient (Wildman–Crippen LogP) is 4.01. The van der Waals surface area contributed by atoms with E-state index in [0.717, 1.165) is 31.9 Å². The number of aliphatic hydroxyl groups is 1. The van der Waals surface area contributed by atoms with Crippen molar-refractivity contribution in [1.82, 2.24) is 4.90 Å². The molecule has 1 aliphatic heterocycles. The lowest BCUT2D eigenvalue weighted by Crippen LogP contribution is -2.26. The summed E-state index contributed by atoms with van der Waals surface area (Å²) >= 11 is 0. The Balaban J connectivity index is 2.05. The maximum absolute atomic E-state index is 12.9. The van der Waals surface area contributed by atoms with E-state index >= 15 is 0 Å². The number of rotatable bonds is 5. The number of hydrogen-bond acceptors (Lipinski definition) is 2. The molecule has 1 saturated heterocycles. The first-order chi connectivity index (χ1) is 10.9. The number of benzene rings is 1. The van der Waals surface area contributed by atoms with Crippen LogP contribution in [0.15, 0.2) is 24.3 Å². The molecule has 2 nitrogen and oxygen atoms in total. The first-order valence-corrected chi connectivity index (χ1v) is 7.90. The van der Waals surface area contributed by atoms with Crippen molar-refractivity contribution in [2.75, 3.05) is 13.1 Å². The topological polar surface area (TPSA) is 23.5 Å². The molecule has 0 unspecified atom stereocenters. The number of hydrogen-bond donors (Lipinski definition) is 1. The van der Waals surface area contributed by atoms with Crippen molar-refractivity contribution in [1.29, 1.82) is 0 Å². The molecule has 1 aromatic carbocycles. The summed E-state index contributed by atoms with van der Waals surface area (Å²) in [6.07, 6.45) is -1.61. The number of alkyl halides is 3. The van der Waals surface area contributed by atoms with Crippen LogP contribution in [0.25, 0.3) is 0 Å². The molecule has 0 radical (unpaired) electrons. The summed E-state index contributed by atoms with van der Waals surface area (Å²) in [4.78, 5) is 2.08. The fourth-order valence-electron chi connectivity index (χ4n) is 3.05. The highest BCUT2D eigenvalue weighted by atomic mass is 19.4. The molecule has 1 fully saturated rings. The Bertz CT molecular complexity index is 574. The van der Waals surface area contributed by atoms with Crippen molar-refractivity contribution in [2.45, 2.75) is 50.9 Å². The largest absolute Gasteiger partial charge is 0.416 e. The van der Waals surface area contributed by atoms with Crippen molar-refractivity contribution in [3.8, 4) is 11.8 Å². The second-order valence-electron chi connectivity index (χ2n) is 5.91. The van der Waals surface area contributed by atoms with Crippen LogP contribution in [0.5, 0.6) is 0 Å². The van der Waals surface area contributed by atoms with Gasteiger partial charge in [0.1, 0.15) is 0 Å². The summed E-state index contributed by atoms with van der Waals surface area (Å²) in [6, 6.07) is 5.30. The van der Waals surface area contributed by atoms with Crippen LogP contribution in [0.3, 0.4) is 0 Å². The lowest BCUT2D eigenvalue weighted by molar-refractivity contribution is -0.137. The Kier molecular flexibility index (Phi) is 6.09. The Morgan fingerprint density at radius 3 is 2.78 bits per heavy atom. The van der Waals surface area contributed by atoms with Gasteiger partial charge in [0.2, 0.25) is 0 Å². The lowest BCUT2D eigenvalue weighted by atomic mass is 10.0. The second-order valence-corrected chi connectivity index (χ2v) is 5.91. The van der Waals surface area contributed by atoms with Gasteiger partial charge in [-0.3, -0.25) is 4.90 Å². The normalized spacial score (nSPS) is 22.0. The highest BCUT2D eigenvalue weighted by molar-refractivity contribution is 5.29. The molecule has 1 aromatic rings. The highest BCUT2D eigenvalue weighted by Crippen LogP contribution is 2.36. The van der Waals surface area contributed by atoms with E-state index in [0.29, 0.717) is 18.5 Å². The summed E-state index contributed by atoms with van der Waals surface area (Å²) < 4.78 is 38.6. The monoisotopic (exact) mass is 325 g/mol. The fourth-order valence-corrected chi connectivity index (χ4v) is 3.05. The van der Waals surface area contributed by atoms with E-state index in [1.54, 1.807) is 13.0 Å². The number of β-amino-alcohol motifs (C(OH)–C–C–N with tert-alkyl or cyclic N) is 1. The van der Waals surface area contributed by atoms with Gasteiger partial charge in [-0.2, -0.15) is 13.2 Å². The van der Waals surface area contributed by atoms with Crippen molar-refractivity contribution in [3.63, 3.8) is 0 Å². The van der Waals surface area contributed by atoms with Gasteiger partial charge in [-0.1, -0.05) is 12.1 Å². The molecule has 0 amide bonds. The number of likely N-dealkylation sites (tertiary alicyclic amines) is 1. The van der Waals surface area contributed by atoms with Crippen molar-refractivity contribution < 1.29 is 18.3 Å². The molecule has 0 aliphatic carbocycles. The van der Waals surface area contributed by atoms with E-state index in [9.17, 15) is 18.3 Å².